The molecule has 0 radical (unpaired) electrons. The molecule has 35 heavy (non-hydrogen) atoms. The number of methoxy groups -OCH3 is 2. The molecule has 2 aromatic carbocycles. The second-order valence-electron chi connectivity index (χ2n) is 8.30. The second-order valence-corrected chi connectivity index (χ2v) is 8.30. The molecule has 4 N–H and O–H groups in total. The van der Waals surface area contributed by atoms with Crippen molar-refractivity contribution in [1.29, 1.82) is 0 Å². The summed E-state index contributed by atoms with van der Waals surface area (Å²) in [6.07, 6.45) is 4.87. The fourth-order valence-electron chi connectivity index (χ4n) is 4.39. The van der Waals surface area contributed by atoms with Crippen LogP contribution in [0.3, 0.4) is 0 Å². The number of primary amides is 1. The number of carbonyl (C=O) groups excluding carboxylic acids is 2. The number of piperidine rings is 1. The molecule has 0 spiro atoms. The number of anilines is 1. The Balaban J connectivity index is 1.77. The third kappa shape index (κ3) is 5.09. The summed E-state index contributed by atoms with van der Waals surface area (Å²) in [5.74, 6) is 6.99. The van der Waals surface area contributed by atoms with Crippen molar-refractivity contribution in [3.8, 4) is 23.3 Å². The lowest BCUT2D eigenvalue weighted by Gasteiger charge is -2.35. The molecule has 1 saturated heterocycles. The van der Waals surface area contributed by atoms with Crippen LogP contribution in [0.1, 0.15) is 34.3 Å². The van der Waals surface area contributed by atoms with Crippen LogP contribution in [0.2, 0.25) is 0 Å². The van der Waals surface area contributed by atoms with Gasteiger partial charge in [0.25, 0.3) is 5.91 Å². The summed E-state index contributed by atoms with van der Waals surface area (Å²) in [6.45, 7) is 4.99. The number of benzene rings is 2. The van der Waals surface area contributed by atoms with E-state index in [1.165, 1.54) is 6.08 Å². The molecule has 8 nitrogen and oxygen atoms in total. The summed E-state index contributed by atoms with van der Waals surface area (Å²) in [7, 11) is 3.18. The van der Waals surface area contributed by atoms with Crippen molar-refractivity contribution in [3.05, 3.63) is 65.9 Å². The van der Waals surface area contributed by atoms with Gasteiger partial charge >= 0.3 is 0 Å². The topological polar surface area (TPSA) is 110 Å². The zero-order valence-electron chi connectivity index (χ0n) is 19.8. The molecule has 4 rings (SSSR count). The number of nitrogens with zero attached hydrogens (tertiary/aromatic N) is 1. The van der Waals surface area contributed by atoms with E-state index in [4.69, 9.17) is 15.2 Å². The normalized spacial score (nSPS) is 15.1. The number of amides is 2. The largest absolute Gasteiger partial charge is 0.497 e. The number of ether oxygens (including phenoxy) is 2. The molecule has 1 aromatic heterocycles. The van der Waals surface area contributed by atoms with Crippen LogP contribution in [0.15, 0.2) is 49.2 Å². The van der Waals surface area contributed by atoms with E-state index in [-0.39, 0.29) is 11.9 Å². The fourth-order valence-corrected chi connectivity index (χ4v) is 4.39. The lowest BCUT2D eigenvalue weighted by molar-refractivity contribution is -0.117. The monoisotopic (exact) mass is 472 g/mol. The van der Waals surface area contributed by atoms with Crippen molar-refractivity contribution in [2.24, 2.45) is 5.73 Å². The van der Waals surface area contributed by atoms with Crippen LogP contribution in [0, 0.1) is 11.8 Å². The zero-order valence-corrected chi connectivity index (χ0v) is 19.8. The first kappa shape index (κ1) is 23.8. The van der Waals surface area contributed by atoms with Crippen LogP contribution in [0.4, 0.5) is 5.69 Å². The minimum absolute atomic E-state index is 0.00200. The highest BCUT2D eigenvalue weighted by Crippen LogP contribution is 2.33. The minimum atomic E-state index is -0.518. The van der Waals surface area contributed by atoms with Gasteiger partial charge in [0.15, 0.2) is 0 Å². The first-order valence-corrected chi connectivity index (χ1v) is 11.3. The van der Waals surface area contributed by atoms with Crippen molar-refractivity contribution in [3.63, 3.8) is 0 Å². The van der Waals surface area contributed by atoms with Crippen LogP contribution in [-0.4, -0.2) is 50.1 Å². The first-order chi connectivity index (χ1) is 16.9. The van der Waals surface area contributed by atoms with Gasteiger partial charge in [0.05, 0.1) is 30.9 Å². The Kier molecular flexibility index (Phi) is 6.97. The molecule has 0 bridgehead atoms. The highest BCUT2D eigenvalue weighted by atomic mass is 16.5. The van der Waals surface area contributed by atoms with Crippen LogP contribution < -0.4 is 25.4 Å². The van der Waals surface area contributed by atoms with Crippen molar-refractivity contribution in [2.45, 2.75) is 18.9 Å². The molecule has 2 heterocycles. The fraction of sp³-hybridized carbons (Fsp3) is 0.259. The highest BCUT2D eigenvalue weighted by molar-refractivity contribution is 6.10. The average Bonchev–Trinajstić information content (AvgIpc) is 3.30. The van der Waals surface area contributed by atoms with Gasteiger partial charge in [0.1, 0.15) is 11.5 Å². The number of hydrogen-bond acceptors (Lipinski definition) is 5. The van der Waals surface area contributed by atoms with E-state index in [9.17, 15) is 9.59 Å². The molecule has 1 fully saturated rings. The lowest BCUT2D eigenvalue weighted by Crippen LogP contribution is -2.47. The Morgan fingerprint density at radius 3 is 2.60 bits per heavy atom. The lowest BCUT2D eigenvalue weighted by atomic mass is 10.0. The maximum atomic E-state index is 12.1. The van der Waals surface area contributed by atoms with Gasteiger partial charge in [-0.2, -0.15) is 0 Å². The van der Waals surface area contributed by atoms with Crippen LogP contribution >= 0.6 is 0 Å². The molecule has 0 aliphatic carbocycles. The molecule has 1 aliphatic heterocycles. The molecular formula is C27H28N4O4. The van der Waals surface area contributed by atoms with Gasteiger partial charge in [-0.15, -0.1) is 0 Å². The predicted octanol–water partition coefficient (Wildman–Crippen LogP) is 2.95. The number of hydrogen-bond donors (Lipinski definition) is 3. The van der Waals surface area contributed by atoms with Gasteiger partial charge in [-0.05, 0) is 43.2 Å². The number of aromatic nitrogens is 1. The molecule has 1 aliphatic rings. The molecule has 8 heteroatoms. The van der Waals surface area contributed by atoms with E-state index >= 15 is 0 Å². The van der Waals surface area contributed by atoms with E-state index in [1.807, 2.05) is 18.2 Å². The second kappa shape index (κ2) is 10.3. The smallest absolute Gasteiger partial charge is 0.250 e. The van der Waals surface area contributed by atoms with Crippen molar-refractivity contribution in [2.75, 3.05) is 32.2 Å². The molecule has 0 unspecified atom stereocenters. The number of nitrogens with one attached hydrogen (secondary N) is 2. The van der Waals surface area contributed by atoms with E-state index < -0.39 is 5.91 Å². The van der Waals surface area contributed by atoms with Gasteiger partial charge in [0, 0.05) is 48.0 Å². The number of fused-ring (bicyclic) bond motifs is 1. The third-order valence-electron chi connectivity index (χ3n) is 6.07. The van der Waals surface area contributed by atoms with Crippen LogP contribution in [0.5, 0.6) is 11.5 Å². The Hall–Kier alpha value is -4.38. The third-order valence-corrected chi connectivity index (χ3v) is 6.07. The van der Waals surface area contributed by atoms with E-state index in [0.717, 1.165) is 41.6 Å². The summed E-state index contributed by atoms with van der Waals surface area (Å²) >= 11 is 0. The van der Waals surface area contributed by atoms with Crippen LogP contribution in [0.25, 0.3) is 10.9 Å². The molecule has 0 saturated carbocycles. The van der Waals surface area contributed by atoms with Crippen LogP contribution in [-0.2, 0) is 4.79 Å². The highest BCUT2D eigenvalue weighted by Gasteiger charge is 2.24. The van der Waals surface area contributed by atoms with E-state index in [1.54, 1.807) is 32.5 Å². The minimum Gasteiger partial charge on any atom is -0.497 e. The maximum absolute atomic E-state index is 12.1. The van der Waals surface area contributed by atoms with Crippen molar-refractivity contribution in [1.82, 2.24) is 10.3 Å². The predicted molar refractivity (Wildman–Crippen MR) is 136 cm³/mol. The molecule has 1 atom stereocenters. The SMILES string of the molecule is C=CC(=O)N[C@@H]1CCCN(c2ccc(C(N)=O)c3[nH]cc(C#Cc4cc(OC)cc(OC)c4)c23)C1. The van der Waals surface area contributed by atoms with Crippen molar-refractivity contribution >= 4 is 28.4 Å². The Morgan fingerprint density at radius 2 is 1.94 bits per heavy atom. The Bertz CT molecular complexity index is 1330. The standard InChI is InChI=1S/C27H28N4O4/c1-4-24(32)30-19-6-5-11-31(16-19)23-10-9-22(27(28)33)26-25(23)18(15-29-26)8-7-17-12-20(34-2)14-21(13-17)35-3/h4,9-10,12-15,19,29H,1,5-6,11,16H2,2-3H3,(H2,28,33)(H,30,32)/t19-/m1/s1. The number of carbonyl (C=O) groups is 2. The maximum Gasteiger partial charge on any atom is 0.250 e. The quantitative estimate of drug-likeness (QED) is 0.378. The van der Waals surface area contributed by atoms with Crippen molar-refractivity contribution < 1.29 is 19.1 Å². The number of aromatic amines is 1. The van der Waals surface area contributed by atoms with E-state index in [2.05, 4.69) is 33.6 Å². The number of H-pyrrole nitrogens is 1. The van der Waals surface area contributed by atoms with Gasteiger partial charge in [-0.1, -0.05) is 18.4 Å². The summed E-state index contributed by atoms with van der Waals surface area (Å²) in [5, 5.41) is 3.81. The van der Waals surface area contributed by atoms with Gasteiger partial charge < -0.3 is 30.4 Å². The molecular weight excluding hydrogens is 444 g/mol. The summed E-state index contributed by atoms with van der Waals surface area (Å²) in [6, 6.07) is 9.07. The summed E-state index contributed by atoms with van der Waals surface area (Å²) in [4.78, 5) is 29.3. The first-order valence-electron chi connectivity index (χ1n) is 11.3. The number of nitrogens with two attached hydrogens (primary N) is 1. The average molecular weight is 473 g/mol. The number of rotatable bonds is 6. The molecule has 3 aromatic rings. The summed E-state index contributed by atoms with van der Waals surface area (Å²) < 4.78 is 10.7. The Morgan fingerprint density at radius 1 is 1.20 bits per heavy atom. The van der Waals surface area contributed by atoms with Gasteiger partial charge in [-0.3, -0.25) is 9.59 Å². The molecule has 180 valence electrons. The van der Waals surface area contributed by atoms with Gasteiger partial charge in [0.2, 0.25) is 5.91 Å². The zero-order chi connectivity index (χ0) is 24.9. The molecule has 2 amide bonds. The Labute approximate surface area is 204 Å². The van der Waals surface area contributed by atoms with E-state index in [0.29, 0.717) is 29.1 Å². The summed E-state index contributed by atoms with van der Waals surface area (Å²) in [5.41, 5.74) is 9.07. The van der Waals surface area contributed by atoms with Gasteiger partial charge in [-0.25, -0.2) is 0 Å².